The summed E-state index contributed by atoms with van der Waals surface area (Å²) in [5.41, 5.74) is 0.982. The first-order valence-corrected chi connectivity index (χ1v) is 10.5. The van der Waals surface area contributed by atoms with Crippen LogP contribution >= 0.6 is 0 Å². The number of aromatic nitrogens is 1. The molecule has 0 bridgehead atoms. The van der Waals surface area contributed by atoms with Gasteiger partial charge in [0.2, 0.25) is 10.0 Å². The Hall–Kier alpha value is -2.52. The van der Waals surface area contributed by atoms with Crippen molar-refractivity contribution in [2.24, 2.45) is 0 Å². The predicted molar refractivity (Wildman–Crippen MR) is 107 cm³/mol. The van der Waals surface area contributed by atoms with Gasteiger partial charge in [-0.05, 0) is 29.2 Å². The second-order valence-corrected chi connectivity index (χ2v) is 9.74. The van der Waals surface area contributed by atoms with Gasteiger partial charge < -0.3 is 4.90 Å². The van der Waals surface area contributed by atoms with Crippen molar-refractivity contribution in [3.05, 3.63) is 58.3 Å². The summed E-state index contributed by atoms with van der Waals surface area (Å²) < 4.78 is 27.3. The number of pyridine rings is 1. The lowest BCUT2D eigenvalue weighted by atomic mass is 9.87. The Kier molecular flexibility index (Phi) is 5.40. The van der Waals surface area contributed by atoms with E-state index < -0.39 is 14.9 Å². The van der Waals surface area contributed by atoms with Gasteiger partial charge in [0.15, 0.2) is 0 Å². The molecule has 2 heterocycles. The van der Waals surface area contributed by atoms with Gasteiger partial charge in [0.1, 0.15) is 12.0 Å². The Morgan fingerprint density at radius 2 is 1.61 bits per heavy atom. The van der Waals surface area contributed by atoms with E-state index in [-0.39, 0.29) is 11.1 Å². The summed E-state index contributed by atoms with van der Waals surface area (Å²) >= 11 is 0. The van der Waals surface area contributed by atoms with Gasteiger partial charge in [0, 0.05) is 32.2 Å². The quantitative estimate of drug-likeness (QED) is 0.574. The van der Waals surface area contributed by atoms with Crippen LogP contribution in [-0.2, 0) is 15.4 Å². The van der Waals surface area contributed by atoms with Crippen molar-refractivity contribution in [1.82, 2.24) is 9.29 Å². The number of sulfonamides is 1. The standard InChI is InChI=1S/C19H24N4O4S/c1-19(2,3)15-4-7-17(8-5-15)28(26,27)22-12-10-21(11-13-22)18-9-6-16(14-20-18)23(24)25/h4-9,14H,10-13H2,1-3H3. The van der Waals surface area contributed by atoms with Crippen LogP contribution in [0, 0.1) is 10.1 Å². The molecule has 1 fully saturated rings. The minimum Gasteiger partial charge on any atom is -0.354 e. The highest BCUT2D eigenvalue weighted by Gasteiger charge is 2.29. The number of piperazine rings is 1. The molecule has 0 amide bonds. The molecule has 0 aliphatic carbocycles. The fraction of sp³-hybridized carbons (Fsp3) is 0.421. The highest BCUT2D eigenvalue weighted by molar-refractivity contribution is 7.89. The van der Waals surface area contributed by atoms with Crippen LogP contribution in [0.2, 0.25) is 0 Å². The SMILES string of the molecule is CC(C)(C)c1ccc(S(=O)(=O)N2CCN(c3ccc([N+](=O)[O-])cn3)CC2)cc1. The maximum atomic E-state index is 12.9. The smallest absolute Gasteiger partial charge is 0.287 e. The van der Waals surface area contributed by atoms with Crippen LogP contribution in [0.25, 0.3) is 0 Å². The Labute approximate surface area is 165 Å². The first kappa shape index (κ1) is 20.2. The minimum absolute atomic E-state index is 0.0360. The molecular weight excluding hydrogens is 380 g/mol. The Bertz CT molecular complexity index is 943. The number of benzene rings is 1. The third-order valence-electron chi connectivity index (χ3n) is 4.86. The zero-order valence-corrected chi connectivity index (χ0v) is 17.0. The Balaban J connectivity index is 1.69. The lowest BCUT2D eigenvalue weighted by Gasteiger charge is -2.34. The van der Waals surface area contributed by atoms with Crippen LogP contribution in [0.1, 0.15) is 26.3 Å². The number of nitrogens with zero attached hydrogens (tertiary/aromatic N) is 4. The average Bonchev–Trinajstić information content (AvgIpc) is 2.67. The Morgan fingerprint density at radius 3 is 2.07 bits per heavy atom. The van der Waals surface area contributed by atoms with E-state index in [9.17, 15) is 18.5 Å². The molecule has 8 nitrogen and oxygen atoms in total. The molecule has 3 rings (SSSR count). The van der Waals surface area contributed by atoms with Crippen molar-refractivity contribution in [2.45, 2.75) is 31.1 Å². The molecule has 0 spiro atoms. The fourth-order valence-corrected chi connectivity index (χ4v) is 4.53. The van der Waals surface area contributed by atoms with Gasteiger partial charge in [-0.15, -0.1) is 0 Å². The van der Waals surface area contributed by atoms with Crippen molar-refractivity contribution in [2.75, 3.05) is 31.1 Å². The van der Waals surface area contributed by atoms with Crippen molar-refractivity contribution in [3.63, 3.8) is 0 Å². The van der Waals surface area contributed by atoms with E-state index in [4.69, 9.17) is 0 Å². The van der Waals surface area contributed by atoms with E-state index in [2.05, 4.69) is 25.8 Å². The summed E-state index contributed by atoms with van der Waals surface area (Å²) in [5.74, 6) is 0.608. The molecule has 1 aromatic carbocycles. The van der Waals surface area contributed by atoms with E-state index in [0.29, 0.717) is 36.9 Å². The molecule has 0 radical (unpaired) electrons. The number of nitro groups is 1. The molecule has 1 aliphatic rings. The van der Waals surface area contributed by atoms with Gasteiger partial charge in [-0.2, -0.15) is 4.31 Å². The molecule has 2 aromatic rings. The second kappa shape index (κ2) is 7.48. The minimum atomic E-state index is -3.55. The molecule has 1 saturated heterocycles. The molecule has 150 valence electrons. The van der Waals surface area contributed by atoms with Crippen LogP contribution < -0.4 is 4.90 Å². The highest BCUT2D eigenvalue weighted by atomic mass is 32.2. The zero-order valence-electron chi connectivity index (χ0n) is 16.2. The summed E-state index contributed by atoms with van der Waals surface area (Å²) in [6.45, 7) is 7.88. The number of anilines is 1. The lowest BCUT2D eigenvalue weighted by molar-refractivity contribution is -0.385. The number of hydrogen-bond acceptors (Lipinski definition) is 6. The molecule has 0 unspecified atom stereocenters. The Morgan fingerprint density at radius 1 is 1.00 bits per heavy atom. The molecule has 28 heavy (non-hydrogen) atoms. The molecule has 0 N–H and O–H groups in total. The van der Waals surface area contributed by atoms with E-state index in [1.54, 1.807) is 18.2 Å². The highest BCUT2D eigenvalue weighted by Crippen LogP contribution is 2.25. The van der Waals surface area contributed by atoms with E-state index in [1.807, 2.05) is 17.0 Å². The fourth-order valence-electron chi connectivity index (χ4n) is 3.11. The van der Waals surface area contributed by atoms with Gasteiger partial charge in [0.05, 0.1) is 9.82 Å². The van der Waals surface area contributed by atoms with Crippen LogP contribution in [0.5, 0.6) is 0 Å². The first-order chi connectivity index (χ1) is 13.1. The largest absolute Gasteiger partial charge is 0.354 e. The summed E-state index contributed by atoms with van der Waals surface area (Å²) in [6, 6.07) is 10.1. The lowest BCUT2D eigenvalue weighted by Crippen LogP contribution is -2.48. The van der Waals surface area contributed by atoms with Crippen molar-refractivity contribution >= 4 is 21.5 Å². The predicted octanol–water partition coefficient (Wildman–Crippen LogP) is 2.80. The molecule has 1 aromatic heterocycles. The normalized spacial score (nSPS) is 16.2. The van der Waals surface area contributed by atoms with Crippen molar-refractivity contribution < 1.29 is 13.3 Å². The monoisotopic (exact) mass is 404 g/mol. The first-order valence-electron chi connectivity index (χ1n) is 9.05. The molecule has 9 heteroatoms. The third-order valence-corrected chi connectivity index (χ3v) is 6.78. The molecule has 0 atom stereocenters. The summed E-state index contributed by atoms with van der Waals surface area (Å²) in [7, 11) is -3.55. The van der Waals surface area contributed by atoms with Crippen molar-refractivity contribution in [3.8, 4) is 0 Å². The van der Waals surface area contributed by atoms with Gasteiger partial charge in [-0.3, -0.25) is 10.1 Å². The van der Waals surface area contributed by atoms with Crippen LogP contribution in [0.3, 0.4) is 0 Å². The maximum absolute atomic E-state index is 12.9. The molecule has 1 aliphatic heterocycles. The van der Waals surface area contributed by atoms with E-state index >= 15 is 0 Å². The maximum Gasteiger partial charge on any atom is 0.287 e. The summed E-state index contributed by atoms with van der Waals surface area (Å²) in [6.07, 6.45) is 1.22. The third kappa shape index (κ3) is 4.15. The summed E-state index contributed by atoms with van der Waals surface area (Å²) in [5, 5.41) is 10.7. The topological polar surface area (TPSA) is 96.7 Å². The van der Waals surface area contributed by atoms with Crippen LogP contribution in [0.4, 0.5) is 11.5 Å². The van der Waals surface area contributed by atoms with E-state index in [1.165, 1.54) is 16.6 Å². The van der Waals surface area contributed by atoms with Crippen LogP contribution in [-0.4, -0.2) is 48.8 Å². The van der Waals surface area contributed by atoms with Gasteiger partial charge in [-0.1, -0.05) is 32.9 Å². The number of hydrogen-bond donors (Lipinski definition) is 0. The molecular formula is C19H24N4O4S. The second-order valence-electron chi connectivity index (χ2n) is 7.80. The summed E-state index contributed by atoms with van der Waals surface area (Å²) in [4.78, 5) is 16.6. The van der Waals surface area contributed by atoms with Gasteiger partial charge in [0.25, 0.3) is 5.69 Å². The average molecular weight is 404 g/mol. The van der Waals surface area contributed by atoms with Gasteiger partial charge in [-0.25, -0.2) is 13.4 Å². The van der Waals surface area contributed by atoms with Crippen LogP contribution in [0.15, 0.2) is 47.5 Å². The number of rotatable bonds is 4. The zero-order chi connectivity index (χ0) is 20.5. The van der Waals surface area contributed by atoms with Gasteiger partial charge >= 0.3 is 0 Å². The molecule has 0 saturated carbocycles. The van der Waals surface area contributed by atoms with Crippen molar-refractivity contribution in [1.29, 1.82) is 0 Å². The van der Waals surface area contributed by atoms with E-state index in [0.717, 1.165) is 5.56 Å².